The zero-order valence-electron chi connectivity index (χ0n) is 16.6. The number of benzene rings is 1. The smallest absolute Gasteiger partial charge is 0.399 e. The summed E-state index contributed by atoms with van der Waals surface area (Å²) in [7, 11) is 5.25. The molecular weight excluding hydrogens is 337 g/mol. The lowest BCUT2D eigenvalue weighted by atomic mass is 9.38. The lowest BCUT2D eigenvalue weighted by molar-refractivity contribution is -0.129. The quantitative estimate of drug-likeness (QED) is 0.622. The van der Waals surface area contributed by atoms with Gasteiger partial charge in [0.1, 0.15) is 0 Å². The number of aliphatic hydroxyl groups is 2. The topological polar surface area (TPSA) is 58.9 Å². The van der Waals surface area contributed by atoms with Gasteiger partial charge in [-0.25, -0.2) is 8.78 Å². The fourth-order valence-electron chi connectivity index (χ4n) is 2.97. The van der Waals surface area contributed by atoms with Crippen molar-refractivity contribution in [1.29, 1.82) is 0 Å². The first-order valence-electron chi connectivity index (χ1n) is 8.77. The molecule has 26 heavy (non-hydrogen) atoms. The highest BCUT2D eigenvalue weighted by Gasteiger charge is 2.53. The first kappa shape index (κ1) is 21.5. The third-order valence-electron chi connectivity index (χ3n) is 5.47. The van der Waals surface area contributed by atoms with Crippen LogP contribution in [-0.2, 0) is 20.0 Å². The number of hydrogen-bond acceptors (Lipinski definition) is 4. The Morgan fingerprint density at radius 2 is 1.62 bits per heavy atom. The average molecular weight is 364 g/mol. The van der Waals surface area contributed by atoms with Crippen LogP contribution in [0.2, 0.25) is 0 Å². The van der Waals surface area contributed by atoms with Gasteiger partial charge in [-0.2, -0.15) is 0 Å². The number of aliphatic hydroxyl groups excluding tert-OH is 1. The highest BCUT2D eigenvalue weighted by Crippen LogP contribution is 2.37. The molecule has 1 aliphatic heterocycles. The van der Waals surface area contributed by atoms with Crippen molar-refractivity contribution in [2.75, 3.05) is 6.61 Å². The second-order valence-electron chi connectivity index (χ2n) is 9.02. The second kappa shape index (κ2) is 6.66. The lowest BCUT2D eigenvalue weighted by Crippen LogP contribution is -2.45. The van der Waals surface area contributed by atoms with Crippen molar-refractivity contribution in [1.82, 2.24) is 0 Å². The maximum Gasteiger partial charge on any atom is 0.495 e. The number of rotatable bonds is 5. The molecule has 2 rings (SSSR count). The third-order valence-corrected chi connectivity index (χ3v) is 5.47. The van der Waals surface area contributed by atoms with E-state index < -0.39 is 37.0 Å². The van der Waals surface area contributed by atoms with Gasteiger partial charge in [-0.05, 0) is 38.7 Å². The molecule has 0 amide bonds. The van der Waals surface area contributed by atoms with Crippen molar-refractivity contribution in [2.45, 2.75) is 56.0 Å². The molecule has 0 bridgehead atoms. The normalized spacial score (nSPS) is 21.8. The van der Waals surface area contributed by atoms with Crippen molar-refractivity contribution in [3.63, 3.8) is 0 Å². The summed E-state index contributed by atoms with van der Waals surface area (Å²) in [6, 6.07) is 4.58. The van der Waals surface area contributed by atoms with Gasteiger partial charge in [-0.15, -0.1) is 0 Å². The van der Waals surface area contributed by atoms with E-state index in [9.17, 15) is 19.0 Å². The molecule has 10 heteroatoms. The van der Waals surface area contributed by atoms with Gasteiger partial charge in [-0.3, -0.25) is 0 Å². The fraction of sp³-hybridized carbons (Fsp3) is 0.625. The maximum absolute atomic E-state index is 13.4. The van der Waals surface area contributed by atoms with Crippen molar-refractivity contribution < 1.29 is 28.3 Å². The van der Waals surface area contributed by atoms with E-state index in [0.29, 0.717) is 5.46 Å². The lowest BCUT2D eigenvalue weighted by Gasteiger charge is -2.32. The molecule has 0 radical (unpaired) electrons. The molecule has 2 N–H and O–H groups in total. The van der Waals surface area contributed by atoms with Gasteiger partial charge in [0.25, 0.3) is 6.43 Å². The van der Waals surface area contributed by atoms with Gasteiger partial charge < -0.3 is 19.5 Å². The summed E-state index contributed by atoms with van der Waals surface area (Å²) in [5.74, 6) is 0. The summed E-state index contributed by atoms with van der Waals surface area (Å²) in [6.07, 6.45) is -3.13. The van der Waals surface area contributed by atoms with Crippen molar-refractivity contribution in [3.05, 3.63) is 29.3 Å². The molecule has 0 saturated carbocycles. The molecule has 1 unspecified atom stereocenters. The van der Waals surface area contributed by atoms with Crippen LogP contribution in [0.4, 0.5) is 8.78 Å². The molecule has 0 aliphatic carbocycles. The van der Waals surface area contributed by atoms with E-state index in [1.807, 2.05) is 51.2 Å². The van der Waals surface area contributed by atoms with E-state index >= 15 is 0 Å². The Kier molecular flexibility index (Phi) is 5.50. The number of hydrogen-bond donors (Lipinski definition) is 2. The summed E-state index contributed by atoms with van der Waals surface area (Å²) in [6.45, 7) is 6.57. The Hall–Kier alpha value is -0.820. The monoisotopic (exact) mass is 364 g/mol. The minimum Gasteiger partial charge on any atom is -0.399 e. The Morgan fingerprint density at radius 1 is 1.12 bits per heavy atom. The van der Waals surface area contributed by atoms with Crippen LogP contribution in [0.3, 0.4) is 0 Å². The molecule has 1 aromatic carbocycles. The van der Waals surface area contributed by atoms with Gasteiger partial charge in [0, 0.05) is 0 Å². The molecule has 1 aromatic rings. The Bertz CT molecular complexity index is 663. The molecule has 0 spiro atoms. The Balaban J connectivity index is 2.61. The minimum absolute atomic E-state index is 0.0623. The molecular formula is C16H26B4F2O4. The van der Waals surface area contributed by atoms with Crippen LogP contribution in [-0.4, -0.2) is 65.1 Å². The summed E-state index contributed by atoms with van der Waals surface area (Å²) >= 11 is 0. The summed E-state index contributed by atoms with van der Waals surface area (Å²) in [5.41, 5.74) is -2.41. The van der Waals surface area contributed by atoms with Gasteiger partial charge in [0.2, 0.25) is 0 Å². The minimum atomic E-state index is -3.13. The first-order chi connectivity index (χ1) is 11.7. The van der Waals surface area contributed by atoms with E-state index in [2.05, 4.69) is 0 Å². The number of halogens is 2. The van der Waals surface area contributed by atoms with E-state index in [1.165, 1.54) is 12.1 Å². The van der Waals surface area contributed by atoms with Crippen LogP contribution in [0.25, 0.3) is 0 Å². The Labute approximate surface area is 157 Å². The van der Waals surface area contributed by atoms with Gasteiger partial charge in [0.05, 0.1) is 41.3 Å². The van der Waals surface area contributed by atoms with Crippen molar-refractivity contribution in [2.24, 2.45) is 0 Å². The van der Waals surface area contributed by atoms with Crippen LogP contribution in [0, 0.1) is 0 Å². The van der Waals surface area contributed by atoms with E-state index in [1.54, 1.807) is 6.07 Å². The maximum atomic E-state index is 13.4. The van der Waals surface area contributed by atoms with Crippen LogP contribution in [0.5, 0.6) is 0 Å². The fourth-order valence-corrected chi connectivity index (χ4v) is 2.97. The van der Waals surface area contributed by atoms with Crippen LogP contribution >= 0.6 is 0 Å². The zero-order valence-corrected chi connectivity index (χ0v) is 16.6. The standard InChI is InChI=1S/C16H26B4F2O4/c1-13(2)14(3,4)26-20(25-13)11-7-9(15(24,8-23)12(21)22)5-6-10(11)16(17,18)19/h5-7,12,23-24H,8,17-19H2,1-4H3. The SMILES string of the molecule is BC(B)(B)c1ccc(C(O)(CO)C(F)F)cc1B1OC(C)(C)C(C)(C)O1. The molecule has 1 heterocycles. The third kappa shape index (κ3) is 3.61. The molecule has 1 saturated heterocycles. The second-order valence-corrected chi connectivity index (χ2v) is 9.02. The van der Waals surface area contributed by atoms with Crippen molar-refractivity contribution >= 4 is 36.1 Å². The predicted molar refractivity (Wildman–Crippen MR) is 106 cm³/mol. The predicted octanol–water partition coefficient (Wildman–Crippen LogP) is -1.56. The molecule has 4 nitrogen and oxygen atoms in total. The summed E-state index contributed by atoms with van der Waals surface area (Å²) < 4.78 is 39.0. The Morgan fingerprint density at radius 3 is 2.00 bits per heavy atom. The highest BCUT2D eigenvalue weighted by molar-refractivity contribution is 6.66. The van der Waals surface area contributed by atoms with E-state index in [0.717, 1.165) is 5.56 Å². The zero-order chi connectivity index (χ0) is 20.1. The van der Waals surface area contributed by atoms with Crippen LogP contribution in [0.1, 0.15) is 38.8 Å². The molecule has 1 atom stereocenters. The molecule has 1 aliphatic rings. The summed E-state index contributed by atoms with van der Waals surface area (Å²) in [5, 5.41) is 19.3. The summed E-state index contributed by atoms with van der Waals surface area (Å²) in [4.78, 5) is 0. The molecule has 1 fully saturated rings. The highest BCUT2D eigenvalue weighted by atomic mass is 19.3. The van der Waals surface area contributed by atoms with Crippen LogP contribution in [0.15, 0.2) is 18.2 Å². The largest absolute Gasteiger partial charge is 0.495 e. The van der Waals surface area contributed by atoms with Gasteiger partial charge in [-0.1, -0.05) is 28.9 Å². The van der Waals surface area contributed by atoms with Gasteiger partial charge in [0.15, 0.2) is 5.60 Å². The van der Waals surface area contributed by atoms with E-state index in [-0.39, 0.29) is 10.7 Å². The average Bonchev–Trinajstić information content (AvgIpc) is 2.72. The first-order valence-corrected chi connectivity index (χ1v) is 8.77. The molecule has 140 valence electrons. The van der Waals surface area contributed by atoms with Gasteiger partial charge >= 0.3 is 7.12 Å². The molecule has 0 aromatic heterocycles. The van der Waals surface area contributed by atoms with Crippen molar-refractivity contribution in [3.8, 4) is 0 Å². The van der Waals surface area contributed by atoms with Crippen LogP contribution < -0.4 is 5.46 Å². The van der Waals surface area contributed by atoms with E-state index in [4.69, 9.17) is 9.31 Å². The number of alkyl halides is 2.